The van der Waals surface area contributed by atoms with Crippen LogP contribution in [0.1, 0.15) is 37.0 Å². The average Bonchev–Trinajstić information content (AvgIpc) is 2.92. The van der Waals surface area contributed by atoms with Gasteiger partial charge in [-0.3, -0.25) is 13.9 Å². The molecule has 0 radical (unpaired) electrons. The number of benzene rings is 3. The lowest BCUT2D eigenvalue weighted by Crippen LogP contribution is -2.52. The minimum Gasteiger partial charge on any atom is -0.497 e. The standard InChI is InChI=1S/C30H37N3O5S/c1-6-28(30(35)31-7-2)32(20-24-9-8-10-26(19-24)38-5)29(34)21-33(25-15-11-22(3)12-16-25)39(36,37)27-17-13-23(4)14-18-27/h8-19,28H,6-7,20-21H2,1-5H3,(H,31,35). The molecule has 9 heteroatoms. The van der Waals surface area contributed by atoms with Crippen LogP contribution in [0.5, 0.6) is 5.75 Å². The van der Waals surface area contributed by atoms with E-state index in [1.54, 1.807) is 55.6 Å². The molecule has 1 N–H and O–H groups in total. The number of hydrogen-bond acceptors (Lipinski definition) is 5. The predicted molar refractivity (Wildman–Crippen MR) is 153 cm³/mol. The first-order chi connectivity index (χ1) is 18.6. The Bertz CT molecular complexity index is 1370. The van der Waals surface area contributed by atoms with Gasteiger partial charge in [0.25, 0.3) is 10.0 Å². The number of amides is 2. The van der Waals surface area contributed by atoms with Crippen molar-refractivity contribution < 1.29 is 22.7 Å². The molecule has 0 saturated carbocycles. The maximum Gasteiger partial charge on any atom is 0.264 e. The summed E-state index contributed by atoms with van der Waals surface area (Å²) in [6, 6.07) is 19.9. The molecular weight excluding hydrogens is 514 g/mol. The number of carbonyl (C=O) groups is 2. The summed E-state index contributed by atoms with van der Waals surface area (Å²) in [7, 11) is -2.54. The summed E-state index contributed by atoms with van der Waals surface area (Å²) in [5.41, 5.74) is 3.00. The molecule has 0 aromatic heterocycles. The molecule has 0 bridgehead atoms. The number of ether oxygens (including phenoxy) is 1. The number of rotatable bonds is 12. The zero-order chi connectivity index (χ0) is 28.6. The fourth-order valence-electron chi connectivity index (χ4n) is 4.26. The number of nitrogens with zero attached hydrogens (tertiary/aromatic N) is 2. The van der Waals surface area contributed by atoms with Gasteiger partial charge < -0.3 is 15.0 Å². The second-order valence-corrected chi connectivity index (χ2v) is 11.2. The fraction of sp³-hybridized carbons (Fsp3) is 0.333. The molecule has 0 heterocycles. The Hall–Kier alpha value is -3.85. The predicted octanol–water partition coefficient (Wildman–Crippen LogP) is 4.45. The van der Waals surface area contributed by atoms with Crippen LogP contribution in [0.4, 0.5) is 5.69 Å². The van der Waals surface area contributed by atoms with Gasteiger partial charge in [0.2, 0.25) is 11.8 Å². The number of hydrogen-bond donors (Lipinski definition) is 1. The summed E-state index contributed by atoms with van der Waals surface area (Å²) < 4.78 is 34.2. The van der Waals surface area contributed by atoms with Crippen molar-refractivity contribution in [3.8, 4) is 5.75 Å². The Morgan fingerprint density at radius 2 is 1.54 bits per heavy atom. The molecule has 0 aliphatic rings. The molecule has 3 aromatic carbocycles. The van der Waals surface area contributed by atoms with Gasteiger partial charge in [-0.1, -0.05) is 54.4 Å². The van der Waals surface area contributed by atoms with Gasteiger partial charge in [-0.15, -0.1) is 0 Å². The molecule has 1 unspecified atom stereocenters. The molecule has 39 heavy (non-hydrogen) atoms. The highest BCUT2D eigenvalue weighted by molar-refractivity contribution is 7.92. The third kappa shape index (κ3) is 7.38. The van der Waals surface area contributed by atoms with Gasteiger partial charge in [0.05, 0.1) is 17.7 Å². The summed E-state index contributed by atoms with van der Waals surface area (Å²) in [6.45, 7) is 7.46. The molecule has 3 rings (SSSR count). The van der Waals surface area contributed by atoms with E-state index in [9.17, 15) is 18.0 Å². The molecular formula is C30H37N3O5S. The number of methoxy groups -OCH3 is 1. The highest BCUT2D eigenvalue weighted by Crippen LogP contribution is 2.26. The van der Waals surface area contributed by atoms with E-state index in [0.717, 1.165) is 21.0 Å². The normalized spacial score (nSPS) is 11.9. The second-order valence-electron chi connectivity index (χ2n) is 9.35. The summed E-state index contributed by atoms with van der Waals surface area (Å²) >= 11 is 0. The number of likely N-dealkylation sites (N-methyl/N-ethyl adjacent to an activating group) is 1. The van der Waals surface area contributed by atoms with Crippen molar-refractivity contribution in [2.75, 3.05) is 24.5 Å². The first-order valence-corrected chi connectivity index (χ1v) is 14.4. The first-order valence-electron chi connectivity index (χ1n) is 13.0. The van der Waals surface area contributed by atoms with Crippen molar-refractivity contribution in [2.45, 2.75) is 51.6 Å². The van der Waals surface area contributed by atoms with E-state index in [2.05, 4.69) is 5.32 Å². The summed E-state index contributed by atoms with van der Waals surface area (Å²) in [5.74, 6) is -0.166. The monoisotopic (exact) mass is 551 g/mol. The molecule has 0 saturated heterocycles. The molecule has 2 amide bonds. The van der Waals surface area contributed by atoms with Crippen LogP contribution in [0.3, 0.4) is 0 Å². The molecule has 1 atom stereocenters. The lowest BCUT2D eigenvalue weighted by Gasteiger charge is -2.33. The Labute approximate surface area is 231 Å². The van der Waals surface area contributed by atoms with Gasteiger partial charge in [0.1, 0.15) is 18.3 Å². The van der Waals surface area contributed by atoms with Crippen LogP contribution in [0.15, 0.2) is 77.7 Å². The van der Waals surface area contributed by atoms with Crippen molar-refractivity contribution in [2.24, 2.45) is 0 Å². The van der Waals surface area contributed by atoms with E-state index in [0.29, 0.717) is 24.4 Å². The number of carbonyl (C=O) groups excluding carboxylic acids is 2. The summed E-state index contributed by atoms with van der Waals surface area (Å²) in [5, 5.41) is 2.80. The molecule has 208 valence electrons. The van der Waals surface area contributed by atoms with Gasteiger partial charge in [0, 0.05) is 13.1 Å². The van der Waals surface area contributed by atoms with Crippen LogP contribution >= 0.6 is 0 Å². The third-order valence-electron chi connectivity index (χ3n) is 6.43. The molecule has 8 nitrogen and oxygen atoms in total. The Morgan fingerprint density at radius 3 is 2.10 bits per heavy atom. The first kappa shape index (κ1) is 29.7. The van der Waals surface area contributed by atoms with Crippen LogP contribution in [-0.2, 0) is 26.2 Å². The summed E-state index contributed by atoms with van der Waals surface area (Å²) in [6.07, 6.45) is 0.358. The zero-order valence-corrected chi connectivity index (χ0v) is 24.0. The van der Waals surface area contributed by atoms with Crippen LogP contribution in [0, 0.1) is 13.8 Å². The minimum absolute atomic E-state index is 0.0802. The van der Waals surface area contributed by atoms with Gasteiger partial charge in [-0.05, 0) is 69.2 Å². The van der Waals surface area contributed by atoms with Crippen LogP contribution in [0.2, 0.25) is 0 Å². The van der Waals surface area contributed by atoms with E-state index in [-0.39, 0.29) is 17.3 Å². The van der Waals surface area contributed by atoms with Crippen molar-refractivity contribution in [1.82, 2.24) is 10.2 Å². The molecule has 0 aliphatic heterocycles. The highest BCUT2D eigenvalue weighted by atomic mass is 32.2. The molecule has 3 aromatic rings. The fourth-order valence-corrected chi connectivity index (χ4v) is 5.67. The van der Waals surface area contributed by atoms with Gasteiger partial charge >= 0.3 is 0 Å². The average molecular weight is 552 g/mol. The van der Waals surface area contributed by atoms with Gasteiger partial charge in [0.15, 0.2) is 0 Å². The van der Waals surface area contributed by atoms with Crippen molar-refractivity contribution in [1.29, 1.82) is 0 Å². The quantitative estimate of drug-likeness (QED) is 0.359. The molecule has 0 aliphatic carbocycles. The van der Waals surface area contributed by atoms with Crippen LogP contribution in [0.25, 0.3) is 0 Å². The van der Waals surface area contributed by atoms with E-state index < -0.39 is 28.5 Å². The summed E-state index contributed by atoms with van der Waals surface area (Å²) in [4.78, 5) is 28.5. The SMILES string of the molecule is CCNC(=O)C(CC)N(Cc1cccc(OC)c1)C(=O)CN(c1ccc(C)cc1)S(=O)(=O)c1ccc(C)cc1. The number of sulfonamides is 1. The smallest absolute Gasteiger partial charge is 0.264 e. The lowest BCUT2D eigenvalue weighted by atomic mass is 10.1. The maximum atomic E-state index is 14.0. The molecule has 0 spiro atoms. The largest absolute Gasteiger partial charge is 0.497 e. The number of nitrogens with one attached hydrogen (secondary N) is 1. The zero-order valence-electron chi connectivity index (χ0n) is 23.2. The van der Waals surface area contributed by atoms with Gasteiger partial charge in [-0.25, -0.2) is 8.42 Å². The van der Waals surface area contributed by atoms with E-state index >= 15 is 0 Å². The Morgan fingerprint density at radius 1 is 0.923 bits per heavy atom. The maximum absolute atomic E-state index is 14.0. The van der Waals surface area contributed by atoms with Crippen molar-refractivity contribution in [3.63, 3.8) is 0 Å². The van der Waals surface area contributed by atoms with Gasteiger partial charge in [-0.2, -0.15) is 0 Å². The number of aryl methyl sites for hydroxylation is 2. The van der Waals surface area contributed by atoms with E-state index in [4.69, 9.17) is 4.74 Å². The topological polar surface area (TPSA) is 96.0 Å². The third-order valence-corrected chi connectivity index (χ3v) is 8.22. The van der Waals surface area contributed by atoms with Crippen molar-refractivity contribution >= 4 is 27.5 Å². The highest BCUT2D eigenvalue weighted by Gasteiger charge is 2.33. The van der Waals surface area contributed by atoms with E-state index in [1.807, 2.05) is 39.8 Å². The lowest BCUT2D eigenvalue weighted by molar-refractivity contribution is -0.140. The second kappa shape index (κ2) is 13.3. The Kier molecular flexibility index (Phi) is 10.1. The van der Waals surface area contributed by atoms with E-state index in [1.165, 1.54) is 17.0 Å². The van der Waals surface area contributed by atoms with Crippen molar-refractivity contribution in [3.05, 3.63) is 89.5 Å². The number of anilines is 1. The van der Waals surface area contributed by atoms with Crippen LogP contribution < -0.4 is 14.4 Å². The van der Waals surface area contributed by atoms with Crippen LogP contribution in [-0.4, -0.2) is 51.4 Å². The Balaban J connectivity index is 2.06. The molecule has 0 fully saturated rings. The minimum atomic E-state index is -4.09.